The van der Waals surface area contributed by atoms with Crippen LogP contribution in [0.1, 0.15) is 139 Å². The molecule has 5 rings (SSSR count). The van der Waals surface area contributed by atoms with Crippen LogP contribution in [0.4, 0.5) is 10.2 Å². The van der Waals surface area contributed by atoms with E-state index >= 15 is 4.39 Å². The highest BCUT2D eigenvalue weighted by Crippen LogP contribution is 2.48. The molecule has 0 aromatic carbocycles. The number of esters is 1. The fourth-order valence-electron chi connectivity index (χ4n) is 10.5. The molecule has 1 aliphatic carbocycles. The predicted octanol–water partition coefficient (Wildman–Crippen LogP) is 8.47. The van der Waals surface area contributed by atoms with E-state index < -0.39 is 84.5 Å². The Labute approximate surface area is 422 Å². The number of aromatic nitrogens is 2. The van der Waals surface area contributed by atoms with Crippen LogP contribution in [0, 0.1) is 29.1 Å². The average molecular weight is 1040 g/mol. The minimum atomic E-state index is -4.09. The number of rotatable bonds is 15. The number of aliphatic hydroxyl groups is 2. The summed E-state index contributed by atoms with van der Waals surface area (Å²) in [5.41, 5.74) is -3.73. The van der Waals surface area contributed by atoms with Crippen molar-refractivity contribution < 1.29 is 62.0 Å². The van der Waals surface area contributed by atoms with E-state index in [1.807, 2.05) is 53.6 Å². The zero-order valence-electron chi connectivity index (χ0n) is 43.6. The Morgan fingerprint density at radius 2 is 1.82 bits per heavy atom. The number of likely N-dealkylation sites (N-methyl/N-ethyl adjacent to an activating group) is 1. The van der Waals surface area contributed by atoms with Crippen molar-refractivity contribution in [1.82, 2.24) is 14.9 Å². The molecule has 21 heteroatoms. The number of nitrogens with one attached hydrogen (secondary N) is 1. The number of cyclic esters (lactones) is 1. The molecule has 14 atom stereocenters. The number of aliphatic imine (C=N–C) groups is 1. The number of aliphatic hydroxyl groups excluding tert-OH is 1. The van der Waals surface area contributed by atoms with Crippen LogP contribution in [-0.2, 0) is 49.1 Å². The van der Waals surface area contributed by atoms with Gasteiger partial charge in [-0.05, 0) is 116 Å². The van der Waals surface area contributed by atoms with Crippen LogP contribution >= 0.6 is 19.1 Å². The van der Waals surface area contributed by atoms with Crippen molar-refractivity contribution in [2.45, 2.75) is 188 Å². The highest BCUT2D eigenvalue weighted by atomic mass is 32.1. The molecule has 2 saturated heterocycles. The number of anilines is 1. The zero-order valence-corrected chi connectivity index (χ0v) is 45.3. The molecule has 2 bridgehead atoms. The van der Waals surface area contributed by atoms with Gasteiger partial charge in [0, 0.05) is 47.2 Å². The molecule has 398 valence electrons. The number of halogens is 1. The summed E-state index contributed by atoms with van der Waals surface area (Å²) in [6.07, 6.45) is -0.110. The van der Waals surface area contributed by atoms with Crippen LogP contribution < -0.4 is 5.09 Å². The quantitative estimate of drug-likeness (QED) is 0.0430. The Kier molecular flexibility index (Phi) is 20.2. The first-order valence-electron chi connectivity index (χ1n) is 25.1. The number of alkyl halides is 1. The van der Waals surface area contributed by atoms with Gasteiger partial charge in [0.05, 0.1) is 30.2 Å². The molecule has 1 unspecified atom stereocenters. The lowest BCUT2D eigenvalue weighted by Gasteiger charge is -2.48. The molecule has 1 amide bonds. The number of ketones is 1. The van der Waals surface area contributed by atoms with E-state index in [9.17, 15) is 34.1 Å². The van der Waals surface area contributed by atoms with Gasteiger partial charge < -0.3 is 39.1 Å². The van der Waals surface area contributed by atoms with Crippen LogP contribution in [0.2, 0.25) is 0 Å². The molecule has 2 aromatic heterocycles. The smallest absolute Gasteiger partial charge is 0.431 e. The molecular formula is C50H78FN6O12PS. The van der Waals surface area contributed by atoms with Gasteiger partial charge in [-0.1, -0.05) is 60.0 Å². The Balaban J connectivity index is 1.57. The molecular weight excluding hydrogens is 959 g/mol. The van der Waals surface area contributed by atoms with Crippen LogP contribution in [0.25, 0.3) is 10.6 Å². The van der Waals surface area contributed by atoms with E-state index in [2.05, 4.69) is 20.2 Å². The maximum Gasteiger partial charge on any atom is 0.431 e. The first kappa shape index (κ1) is 58.3. The first-order valence-corrected chi connectivity index (χ1v) is 27.5. The topological polar surface area (TPSA) is 241 Å². The number of fused-ring (bicyclic) bond motifs is 5. The largest absolute Gasteiger partial charge is 0.457 e. The van der Waals surface area contributed by atoms with Crippen molar-refractivity contribution in [3.05, 3.63) is 29.4 Å². The maximum atomic E-state index is 17.1. The standard InChI is InChI=1S/C50H78FN6O12PS/c1-13-16-23-66-70(63,64)56-39-28-71-45(53-39)33-17-18-35(52-26-33)27-65-55-34-19-20-36-31(6)41(54-40(58)15-3)29(4)25-48(8,22-21-34)44(69-46-42(59)37(57(11)12)24-30(5)67-46)32(7)43(60)49(9,51)47(61)68-38(14-2)50(36,10)62/h17-18,26,28-32,36-38,42,44,46,59,62H,13-16,19-25,27H2,1-12H3,(H2,56,63,64)/b54-41?,55-34+/t29-,30-,31-,32+,36-,37+,38-,42-,44-,46+,48-,49+,50+/m1/s1. The van der Waals surface area contributed by atoms with Gasteiger partial charge in [-0.2, -0.15) is 0 Å². The van der Waals surface area contributed by atoms with Crippen LogP contribution in [0.3, 0.4) is 0 Å². The number of amides is 1. The van der Waals surface area contributed by atoms with Crippen LogP contribution in [0.15, 0.2) is 33.9 Å². The normalized spacial score (nSPS) is 35.6. The van der Waals surface area contributed by atoms with Crippen molar-refractivity contribution in [2.75, 3.05) is 25.8 Å². The van der Waals surface area contributed by atoms with Gasteiger partial charge in [0.1, 0.15) is 28.6 Å². The molecule has 0 spiro atoms. The Bertz CT molecular complexity index is 2240. The summed E-state index contributed by atoms with van der Waals surface area (Å²) in [5, 5.41) is 33.8. The van der Waals surface area contributed by atoms with E-state index in [0.717, 1.165) is 13.3 Å². The third-order valence-electron chi connectivity index (χ3n) is 14.6. The van der Waals surface area contributed by atoms with Crippen molar-refractivity contribution in [1.29, 1.82) is 0 Å². The van der Waals surface area contributed by atoms with Gasteiger partial charge in [-0.15, -0.1) is 11.3 Å². The number of ether oxygens (including phenoxy) is 3. The minimum Gasteiger partial charge on any atom is -0.457 e. The average Bonchev–Trinajstić information content (AvgIpc) is 3.77. The molecule has 4 N–H and O–H groups in total. The highest BCUT2D eigenvalue weighted by Gasteiger charge is 2.56. The lowest BCUT2D eigenvalue weighted by atomic mass is 9.65. The van der Waals surface area contributed by atoms with E-state index in [0.29, 0.717) is 40.5 Å². The molecule has 3 fully saturated rings. The van der Waals surface area contributed by atoms with Gasteiger partial charge in [-0.3, -0.25) is 24.2 Å². The summed E-state index contributed by atoms with van der Waals surface area (Å²) in [5.74, 6) is -5.79. The summed E-state index contributed by atoms with van der Waals surface area (Å²) in [4.78, 5) is 73.8. The molecule has 1 saturated carbocycles. The molecule has 71 heavy (non-hydrogen) atoms. The van der Waals surface area contributed by atoms with Crippen molar-refractivity contribution in [3.63, 3.8) is 0 Å². The second kappa shape index (κ2) is 24.6. The minimum absolute atomic E-state index is 0.0264. The number of unbranched alkanes of at least 4 members (excludes halogenated alkanes) is 1. The van der Waals surface area contributed by atoms with Gasteiger partial charge in [0.15, 0.2) is 18.7 Å². The number of nitrogens with zero attached hydrogens (tertiary/aromatic N) is 5. The number of oxime groups is 1. The number of carbonyl (C=O) groups excluding carboxylic acids is 3. The maximum absolute atomic E-state index is 17.1. The van der Waals surface area contributed by atoms with E-state index in [-0.39, 0.29) is 82.0 Å². The van der Waals surface area contributed by atoms with Gasteiger partial charge >= 0.3 is 13.7 Å². The fourth-order valence-corrected chi connectivity index (χ4v) is 12.2. The molecule has 3 aliphatic rings. The lowest BCUT2D eigenvalue weighted by Crippen LogP contribution is -2.59. The third-order valence-corrected chi connectivity index (χ3v) is 16.6. The zero-order chi connectivity index (χ0) is 52.6. The monoisotopic (exact) mass is 1040 g/mol. The fraction of sp³-hybridized carbons (Fsp3) is 0.740. The molecule has 2 aliphatic heterocycles. The Morgan fingerprint density at radius 1 is 1.10 bits per heavy atom. The first-order chi connectivity index (χ1) is 33.3. The third kappa shape index (κ3) is 14.4. The SMILES string of the molecule is CCCCOP(=O)(O)Nc1csc(-c2ccc(CO/N=C3\CC[C@@H]4[C@@H](C)C(=NC(=O)CC)[C@H](C)C[C@@](C)(CC3)[C@H](O[C@@H]3O[C@H](C)C[C@H](N(C)C)[C@H]3O)[C@@H](C)C(=O)[C@](C)(F)C(=O)O[C@H](CC)[C@@]4(C)O)nc2)n1. The van der Waals surface area contributed by atoms with Gasteiger partial charge in [0.2, 0.25) is 5.91 Å². The number of Topliss-reactive ketones (excluding diaryl/α,β-unsaturated/α-hetero) is 1. The molecule has 2 aromatic rings. The van der Waals surface area contributed by atoms with E-state index in [4.69, 9.17) is 28.6 Å². The van der Waals surface area contributed by atoms with Crippen molar-refractivity contribution in [3.8, 4) is 10.6 Å². The summed E-state index contributed by atoms with van der Waals surface area (Å²) in [6, 6.07) is 3.18. The van der Waals surface area contributed by atoms with Crippen molar-refractivity contribution in [2.24, 2.45) is 39.2 Å². The number of hydrogen-bond donors (Lipinski definition) is 4. The second-order valence-corrected chi connectivity index (χ2v) is 23.0. The Hall–Kier alpha value is -3.59. The van der Waals surface area contributed by atoms with E-state index in [1.54, 1.807) is 37.6 Å². The summed E-state index contributed by atoms with van der Waals surface area (Å²) in [6.45, 7) is 17.0. The summed E-state index contributed by atoms with van der Waals surface area (Å²) < 4.78 is 53.7. The van der Waals surface area contributed by atoms with Crippen molar-refractivity contribution >= 4 is 54.0 Å². The van der Waals surface area contributed by atoms with Gasteiger partial charge in [0.25, 0.3) is 5.67 Å². The number of carbonyl (C=O) groups is 3. The van der Waals surface area contributed by atoms with E-state index in [1.165, 1.54) is 25.2 Å². The molecule has 4 heterocycles. The van der Waals surface area contributed by atoms with Crippen LogP contribution in [-0.4, -0.2) is 128 Å². The summed E-state index contributed by atoms with van der Waals surface area (Å²) >= 11 is 1.26. The number of thiazole rings is 1. The second-order valence-electron chi connectivity index (χ2n) is 20.6. The predicted molar refractivity (Wildman–Crippen MR) is 269 cm³/mol. The van der Waals surface area contributed by atoms with Crippen LogP contribution in [0.5, 0.6) is 0 Å². The highest BCUT2D eigenvalue weighted by molar-refractivity contribution is 7.54. The molecule has 0 radical (unpaired) electrons. The van der Waals surface area contributed by atoms with Gasteiger partial charge in [-0.25, -0.2) is 23.7 Å². The number of pyridine rings is 1. The molecule has 18 nitrogen and oxygen atoms in total. The summed E-state index contributed by atoms with van der Waals surface area (Å²) in [7, 11) is -0.408. The number of hydrogen-bond acceptors (Lipinski definition) is 16. The lowest BCUT2D eigenvalue weighted by molar-refractivity contribution is -0.287. The Morgan fingerprint density at radius 3 is 2.45 bits per heavy atom.